The zero-order chi connectivity index (χ0) is 31.2. The standard InChI is InChI=1S/C24H42O18/c1-5-9(26)14(31)20(24(38-5)41-18-10(27)6(2)36-21(35)16(18)33)42-23-17(34)19(11(28)7(3)37-23)40-22-15(32)13(30)12(29)8(4-25)39-22/h5-35H,4H2,1-3H3/t5?,6?,7?,8-,9+,10+,11+,12-,13?,14-,15?,16?,17?,18-,19-,20?,21-,22-,23+,24+/m1/s1. The van der Waals surface area contributed by atoms with E-state index in [1.54, 1.807) is 0 Å². The molecule has 0 spiro atoms. The van der Waals surface area contributed by atoms with Crippen LogP contribution >= 0.6 is 0 Å². The van der Waals surface area contributed by atoms with Crippen LogP contribution in [0.2, 0.25) is 0 Å². The first-order valence-corrected chi connectivity index (χ1v) is 13.7. The van der Waals surface area contributed by atoms with E-state index in [1.165, 1.54) is 20.8 Å². The van der Waals surface area contributed by atoms with E-state index in [-0.39, 0.29) is 0 Å². The van der Waals surface area contributed by atoms with E-state index in [4.69, 9.17) is 33.2 Å². The van der Waals surface area contributed by atoms with Crippen molar-refractivity contribution in [3.63, 3.8) is 0 Å². The maximum Gasteiger partial charge on any atom is 0.187 e. The Balaban J connectivity index is 1.53. The minimum absolute atomic E-state index is 0.750. The highest BCUT2D eigenvalue weighted by molar-refractivity contribution is 4.96. The lowest BCUT2D eigenvalue weighted by Gasteiger charge is -2.49. The molecule has 4 heterocycles. The van der Waals surface area contributed by atoms with E-state index in [0.29, 0.717) is 0 Å². The van der Waals surface area contributed by atoms with E-state index in [9.17, 15) is 56.2 Å². The predicted octanol–water partition coefficient (Wildman–Crippen LogP) is -6.67. The SMILES string of the molecule is CC1O[C@@H](O[C@H]2C(O)[C@H](O)OC(C)[C@@H]2O)C(O[C@@H]2OC(C)[C@H](O)[C@@H](O[C@H]3O[C@H](CO)[C@@H](O)C(O)C3O)C2O)[C@H](O)[C@H]1O. The van der Waals surface area contributed by atoms with Crippen molar-refractivity contribution in [1.82, 2.24) is 0 Å². The number of aliphatic hydroxyl groups excluding tert-OH is 11. The molecule has 0 saturated carbocycles. The van der Waals surface area contributed by atoms with Gasteiger partial charge in [-0.2, -0.15) is 0 Å². The second-order valence-electron chi connectivity index (χ2n) is 11.1. The van der Waals surface area contributed by atoms with Crippen LogP contribution in [0, 0.1) is 0 Å². The van der Waals surface area contributed by atoms with Crippen molar-refractivity contribution >= 4 is 0 Å². The van der Waals surface area contributed by atoms with Crippen LogP contribution in [0.25, 0.3) is 0 Å². The molecule has 0 aromatic rings. The van der Waals surface area contributed by atoms with Gasteiger partial charge < -0.3 is 89.3 Å². The van der Waals surface area contributed by atoms with Crippen LogP contribution in [0.4, 0.5) is 0 Å². The highest BCUT2D eigenvalue weighted by Gasteiger charge is 2.54. The summed E-state index contributed by atoms with van der Waals surface area (Å²) in [7, 11) is 0. The summed E-state index contributed by atoms with van der Waals surface area (Å²) in [6.07, 6.45) is -31.3. The maximum absolute atomic E-state index is 11.1. The number of aliphatic hydroxyl groups is 11. The van der Waals surface area contributed by atoms with Crippen molar-refractivity contribution in [1.29, 1.82) is 0 Å². The molecule has 246 valence electrons. The summed E-state index contributed by atoms with van der Waals surface area (Å²) in [5, 5.41) is 114. The van der Waals surface area contributed by atoms with Crippen LogP contribution in [-0.2, 0) is 33.2 Å². The predicted molar refractivity (Wildman–Crippen MR) is 130 cm³/mol. The number of hydrogen-bond donors (Lipinski definition) is 11. The molecule has 0 aromatic heterocycles. The first kappa shape index (κ1) is 34.2. The Hall–Kier alpha value is -0.720. The Bertz CT molecular complexity index is 853. The highest BCUT2D eigenvalue weighted by atomic mass is 16.8. The van der Waals surface area contributed by atoms with Crippen molar-refractivity contribution in [3.8, 4) is 0 Å². The van der Waals surface area contributed by atoms with Gasteiger partial charge in [-0.25, -0.2) is 0 Å². The van der Waals surface area contributed by atoms with Crippen LogP contribution in [0.1, 0.15) is 20.8 Å². The van der Waals surface area contributed by atoms with Gasteiger partial charge in [0, 0.05) is 0 Å². The van der Waals surface area contributed by atoms with Crippen molar-refractivity contribution in [3.05, 3.63) is 0 Å². The minimum Gasteiger partial charge on any atom is -0.394 e. The lowest BCUT2D eigenvalue weighted by Crippen LogP contribution is -2.66. The minimum atomic E-state index is -1.88. The van der Waals surface area contributed by atoms with Crippen molar-refractivity contribution in [2.45, 2.75) is 144 Å². The Morgan fingerprint density at radius 1 is 0.429 bits per heavy atom. The normalized spacial score (nSPS) is 55.9. The molecule has 4 saturated heterocycles. The van der Waals surface area contributed by atoms with E-state index in [2.05, 4.69) is 0 Å². The van der Waals surface area contributed by atoms with Gasteiger partial charge in [-0.3, -0.25) is 0 Å². The van der Waals surface area contributed by atoms with Gasteiger partial charge >= 0.3 is 0 Å². The Labute approximate surface area is 240 Å². The third-order valence-electron chi connectivity index (χ3n) is 8.09. The fourth-order valence-corrected chi connectivity index (χ4v) is 5.34. The van der Waals surface area contributed by atoms with Gasteiger partial charge in [-0.15, -0.1) is 0 Å². The fraction of sp³-hybridized carbons (Fsp3) is 1.00. The van der Waals surface area contributed by atoms with Gasteiger partial charge in [0.15, 0.2) is 25.2 Å². The number of rotatable bonds is 7. The van der Waals surface area contributed by atoms with E-state index >= 15 is 0 Å². The Kier molecular flexibility index (Phi) is 11.2. The topological polar surface area (TPSA) is 287 Å². The molecular weight excluding hydrogens is 576 g/mol. The molecule has 0 aliphatic carbocycles. The Morgan fingerprint density at radius 2 is 0.905 bits per heavy atom. The second kappa shape index (κ2) is 13.7. The van der Waals surface area contributed by atoms with Crippen LogP contribution in [0.3, 0.4) is 0 Å². The molecule has 4 aliphatic rings. The van der Waals surface area contributed by atoms with Crippen LogP contribution < -0.4 is 0 Å². The molecule has 0 radical (unpaired) electrons. The molecule has 0 bridgehead atoms. The van der Waals surface area contributed by atoms with E-state index in [1.807, 2.05) is 0 Å². The van der Waals surface area contributed by atoms with Crippen molar-refractivity contribution < 1.29 is 89.3 Å². The smallest absolute Gasteiger partial charge is 0.187 e. The first-order valence-electron chi connectivity index (χ1n) is 13.7. The third kappa shape index (κ3) is 6.62. The third-order valence-corrected chi connectivity index (χ3v) is 8.09. The molecule has 18 nitrogen and oxygen atoms in total. The van der Waals surface area contributed by atoms with Gasteiger partial charge in [-0.1, -0.05) is 0 Å². The van der Waals surface area contributed by atoms with Crippen molar-refractivity contribution in [2.75, 3.05) is 6.61 Å². The molecule has 4 rings (SSSR count). The van der Waals surface area contributed by atoms with Gasteiger partial charge in [0.25, 0.3) is 0 Å². The molecule has 20 atom stereocenters. The summed E-state index contributed by atoms with van der Waals surface area (Å²) in [6.45, 7) is 3.46. The van der Waals surface area contributed by atoms with Crippen molar-refractivity contribution in [2.24, 2.45) is 0 Å². The average molecular weight is 619 g/mol. The molecule has 42 heavy (non-hydrogen) atoms. The monoisotopic (exact) mass is 618 g/mol. The second-order valence-corrected chi connectivity index (χ2v) is 11.1. The molecular formula is C24H42O18. The average Bonchev–Trinajstić information content (AvgIpc) is 2.95. The zero-order valence-electron chi connectivity index (χ0n) is 23.0. The molecule has 18 heteroatoms. The first-order chi connectivity index (χ1) is 19.7. The number of ether oxygens (including phenoxy) is 7. The molecule has 0 amide bonds. The lowest BCUT2D eigenvalue weighted by molar-refractivity contribution is -0.392. The molecule has 0 aromatic carbocycles. The lowest BCUT2D eigenvalue weighted by atomic mass is 9.96. The number of hydrogen-bond acceptors (Lipinski definition) is 18. The summed E-state index contributed by atoms with van der Waals surface area (Å²) < 4.78 is 38.6. The van der Waals surface area contributed by atoms with E-state index in [0.717, 1.165) is 0 Å². The van der Waals surface area contributed by atoms with Crippen LogP contribution in [-0.4, -0.2) is 186 Å². The largest absolute Gasteiger partial charge is 0.394 e. The summed E-state index contributed by atoms with van der Waals surface area (Å²) in [5.41, 5.74) is 0. The molecule has 8 unspecified atom stereocenters. The Morgan fingerprint density at radius 3 is 1.52 bits per heavy atom. The highest BCUT2D eigenvalue weighted by Crippen LogP contribution is 2.34. The maximum atomic E-state index is 11.1. The molecule has 4 fully saturated rings. The van der Waals surface area contributed by atoms with Gasteiger partial charge in [-0.05, 0) is 20.8 Å². The summed E-state index contributed by atoms with van der Waals surface area (Å²) in [4.78, 5) is 0. The zero-order valence-corrected chi connectivity index (χ0v) is 23.0. The van der Waals surface area contributed by atoms with Gasteiger partial charge in [0.2, 0.25) is 0 Å². The van der Waals surface area contributed by atoms with E-state index < -0.39 is 129 Å². The fourth-order valence-electron chi connectivity index (χ4n) is 5.34. The molecule has 4 aliphatic heterocycles. The summed E-state index contributed by atoms with van der Waals surface area (Å²) in [6, 6.07) is 0. The van der Waals surface area contributed by atoms with Crippen LogP contribution in [0.5, 0.6) is 0 Å². The quantitative estimate of drug-likeness (QED) is 0.126. The summed E-state index contributed by atoms with van der Waals surface area (Å²) in [5.74, 6) is 0. The van der Waals surface area contributed by atoms with Gasteiger partial charge in [0.05, 0.1) is 24.9 Å². The van der Waals surface area contributed by atoms with Gasteiger partial charge in [0.1, 0.15) is 79.4 Å². The molecule has 11 N–H and O–H groups in total. The summed E-state index contributed by atoms with van der Waals surface area (Å²) >= 11 is 0. The van der Waals surface area contributed by atoms with Crippen LogP contribution in [0.15, 0.2) is 0 Å².